The summed E-state index contributed by atoms with van der Waals surface area (Å²) in [6.07, 6.45) is 1.74. The van der Waals surface area contributed by atoms with Crippen molar-refractivity contribution in [3.8, 4) is 0 Å². The monoisotopic (exact) mass is 313 g/mol. The fourth-order valence-electron chi connectivity index (χ4n) is 2.27. The lowest BCUT2D eigenvalue weighted by molar-refractivity contribution is -0.138. The molecule has 0 heterocycles. The molecule has 0 bridgehead atoms. The van der Waals surface area contributed by atoms with Gasteiger partial charge in [-0.05, 0) is 36.5 Å². The van der Waals surface area contributed by atoms with Crippen molar-refractivity contribution in [2.24, 2.45) is 11.8 Å². The SMILES string of the molecule is CC(C(=O)NC(CC(=O)O)c1ccc(Cl)c(F)c1)C1CC1. The maximum Gasteiger partial charge on any atom is 0.305 e. The molecule has 0 spiro atoms. The molecule has 1 aliphatic carbocycles. The van der Waals surface area contributed by atoms with Crippen molar-refractivity contribution in [3.63, 3.8) is 0 Å². The van der Waals surface area contributed by atoms with Crippen LogP contribution in [0.3, 0.4) is 0 Å². The summed E-state index contributed by atoms with van der Waals surface area (Å²) in [5.74, 6) is -1.67. The van der Waals surface area contributed by atoms with Gasteiger partial charge in [0, 0.05) is 5.92 Å². The first-order chi connectivity index (χ1) is 9.88. The maximum absolute atomic E-state index is 13.5. The highest BCUT2D eigenvalue weighted by Crippen LogP contribution is 2.37. The number of amides is 1. The summed E-state index contributed by atoms with van der Waals surface area (Å²) in [4.78, 5) is 23.1. The molecular weight excluding hydrogens is 297 g/mol. The summed E-state index contributed by atoms with van der Waals surface area (Å²) >= 11 is 5.62. The first kappa shape index (κ1) is 15.8. The van der Waals surface area contributed by atoms with E-state index in [0.717, 1.165) is 18.9 Å². The molecule has 1 aromatic carbocycles. The van der Waals surface area contributed by atoms with Crippen LogP contribution in [0.4, 0.5) is 4.39 Å². The maximum atomic E-state index is 13.5. The Balaban J connectivity index is 2.14. The number of halogens is 2. The Hall–Kier alpha value is -1.62. The molecule has 2 N–H and O–H groups in total. The molecule has 114 valence electrons. The van der Waals surface area contributed by atoms with Crippen LogP contribution in [-0.2, 0) is 9.59 Å². The Bertz CT molecular complexity index is 560. The van der Waals surface area contributed by atoms with Gasteiger partial charge >= 0.3 is 5.97 Å². The fourth-order valence-corrected chi connectivity index (χ4v) is 2.39. The Morgan fingerprint density at radius 1 is 1.48 bits per heavy atom. The van der Waals surface area contributed by atoms with Crippen LogP contribution in [0, 0.1) is 17.7 Å². The van der Waals surface area contributed by atoms with Crippen LogP contribution in [0.25, 0.3) is 0 Å². The average Bonchev–Trinajstić information content (AvgIpc) is 3.24. The van der Waals surface area contributed by atoms with Gasteiger partial charge in [0.2, 0.25) is 5.91 Å². The standard InChI is InChI=1S/C15H17ClFNO3/c1-8(9-2-3-9)15(21)18-13(7-14(19)20)10-4-5-11(16)12(17)6-10/h4-6,8-9,13H,2-3,7H2,1H3,(H,18,21)(H,19,20). The molecule has 0 aromatic heterocycles. The average molecular weight is 314 g/mol. The van der Waals surface area contributed by atoms with E-state index in [2.05, 4.69) is 5.32 Å². The van der Waals surface area contributed by atoms with Crippen molar-refractivity contribution in [2.45, 2.75) is 32.2 Å². The van der Waals surface area contributed by atoms with E-state index in [4.69, 9.17) is 16.7 Å². The molecule has 2 rings (SSSR count). The summed E-state index contributed by atoms with van der Waals surface area (Å²) in [5.41, 5.74) is 0.399. The number of rotatable bonds is 6. The molecule has 1 amide bonds. The van der Waals surface area contributed by atoms with E-state index in [1.807, 2.05) is 6.92 Å². The molecular formula is C15H17ClFNO3. The van der Waals surface area contributed by atoms with Crippen LogP contribution in [-0.4, -0.2) is 17.0 Å². The predicted octanol–water partition coefficient (Wildman–Crippen LogP) is 3.16. The number of benzene rings is 1. The van der Waals surface area contributed by atoms with Crippen LogP contribution in [0.5, 0.6) is 0 Å². The lowest BCUT2D eigenvalue weighted by Crippen LogP contribution is -2.34. The van der Waals surface area contributed by atoms with Crippen molar-refractivity contribution < 1.29 is 19.1 Å². The van der Waals surface area contributed by atoms with E-state index in [0.29, 0.717) is 11.5 Å². The third kappa shape index (κ3) is 4.17. The van der Waals surface area contributed by atoms with Crippen molar-refractivity contribution in [2.75, 3.05) is 0 Å². The quantitative estimate of drug-likeness (QED) is 0.847. The highest BCUT2D eigenvalue weighted by molar-refractivity contribution is 6.30. The van der Waals surface area contributed by atoms with E-state index in [1.54, 1.807) is 0 Å². The molecule has 1 saturated carbocycles. The predicted molar refractivity (Wildman–Crippen MR) is 76.4 cm³/mol. The number of carboxylic acids is 1. The lowest BCUT2D eigenvalue weighted by atomic mass is 10.0. The zero-order chi connectivity index (χ0) is 15.6. The third-order valence-corrected chi connectivity index (χ3v) is 4.09. The van der Waals surface area contributed by atoms with Gasteiger partial charge in [-0.2, -0.15) is 0 Å². The molecule has 2 unspecified atom stereocenters. The molecule has 6 heteroatoms. The van der Waals surface area contributed by atoms with Gasteiger partial charge in [-0.3, -0.25) is 9.59 Å². The van der Waals surface area contributed by atoms with Gasteiger partial charge < -0.3 is 10.4 Å². The van der Waals surface area contributed by atoms with Crippen molar-refractivity contribution in [1.82, 2.24) is 5.32 Å². The van der Waals surface area contributed by atoms with E-state index in [-0.39, 0.29) is 23.3 Å². The molecule has 1 aliphatic rings. The van der Waals surface area contributed by atoms with Crippen LogP contribution in [0.1, 0.15) is 37.8 Å². The number of hydrogen-bond acceptors (Lipinski definition) is 2. The second-order valence-electron chi connectivity index (χ2n) is 5.46. The molecule has 0 aliphatic heterocycles. The number of carboxylic acid groups (broad SMARTS) is 1. The summed E-state index contributed by atoms with van der Waals surface area (Å²) in [6, 6.07) is 3.29. The molecule has 0 radical (unpaired) electrons. The highest BCUT2D eigenvalue weighted by atomic mass is 35.5. The first-order valence-corrected chi connectivity index (χ1v) is 7.23. The van der Waals surface area contributed by atoms with Crippen molar-refractivity contribution >= 4 is 23.5 Å². The minimum absolute atomic E-state index is 0.0366. The van der Waals surface area contributed by atoms with Crippen molar-refractivity contribution in [3.05, 3.63) is 34.6 Å². The molecule has 1 aromatic rings. The summed E-state index contributed by atoms with van der Waals surface area (Å²) in [5, 5.41) is 11.6. The number of carbonyl (C=O) groups is 2. The van der Waals surface area contributed by atoms with Gasteiger partial charge in [-0.25, -0.2) is 4.39 Å². The Morgan fingerprint density at radius 3 is 2.67 bits per heavy atom. The van der Waals surface area contributed by atoms with Crippen LogP contribution < -0.4 is 5.32 Å². The molecule has 1 fully saturated rings. The van der Waals surface area contributed by atoms with Gasteiger partial charge in [-0.15, -0.1) is 0 Å². The Kier molecular flexibility index (Phi) is 4.83. The number of aliphatic carboxylic acids is 1. The minimum Gasteiger partial charge on any atom is -0.481 e. The van der Waals surface area contributed by atoms with Gasteiger partial charge in [-0.1, -0.05) is 24.6 Å². The zero-order valence-electron chi connectivity index (χ0n) is 11.6. The van der Waals surface area contributed by atoms with E-state index in [1.165, 1.54) is 12.1 Å². The summed E-state index contributed by atoms with van der Waals surface area (Å²) < 4.78 is 13.5. The van der Waals surface area contributed by atoms with Crippen LogP contribution in [0.2, 0.25) is 5.02 Å². The number of nitrogens with one attached hydrogen (secondary N) is 1. The lowest BCUT2D eigenvalue weighted by Gasteiger charge is -2.20. The summed E-state index contributed by atoms with van der Waals surface area (Å²) in [6.45, 7) is 1.83. The first-order valence-electron chi connectivity index (χ1n) is 6.85. The van der Waals surface area contributed by atoms with Crippen LogP contribution in [0.15, 0.2) is 18.2 Å². The third-order valence-electron chi connectivity index (χ3n) is 3.78. The number of carbonyl (C=O) groups excluding carboxylic acids is 1. The van der Waals surface area contributed by atoms with Crippen molar-refractivity contribution in [1.29, 1.82) is 0 Å². The molecule has 21 heavy (non-hydrogen) atoms. The number of hydrogen-bond donors (Lipinski definition) is 2. The Morgan fingerprint density at radius 2 is 2.14 bits per heavy atom. The van der Waals surface area contributed by atoms with E-state index < -0.39 is 17.8 Å². The van der Waals surface area contributed by atoms with Gasteiger partial charge in [0.1, 0.15) is 5.82 Å². The van der Waals surface area contributed by atoms with Gasteiger partial charge in [0.25, 0.3) is 0 Å². The fraction of sp³-hybridized carbons (Fsp3) is 0.467. The van der Waals surface area contributed by atoms with Gasteiger partial charge in [0.15, 0.2) is 0 Å². The molecule has 4 nitrogen and oxygen atoms in total. The minimum atomic E-state index is -1.06. The van der Waals surface area contributed by atoms with E-state index >= 15 is 0 Å². The topological polar surface area (TPSA) is 66.4 Å². The molecule has 2 atom stereocenters. The van der Waals surface area contributed by atoms with Crippen LogP contribution >= 0.6 is 11.6 Å². The summed E-state index contributed by atoms with van der Waals surface area (Å²) in [7, 11) is 0. The normalized spacial score (nSPS) is 17.1. The Labute approximate surface area is 127 Å². The second kappa shape index (κ2) is 6.43. The van der Waals surface area contributed by atoms with E-state index in [9.17, 15) is 14.0 Å². The highest BCUT2D eigenvalue weighted by Gasteiger charge is 2.33. The smallest absolute Gasteiger partial charge is 0.305 e. The molecule has 0 saturated heterocycles. The van der Waals surface area contributed by atoms with Gasteiger partial charge in [0.05, 0.1) is 17.5 Å². The second-order valence-corrected chi connectivity index (χ2v) is 5.87. The zero-order valence-corrected chi connectivity index (χ0v) is 12.4. The largest absolute Gasteiger partial charge is 0.481 e.